The van der Waals surface area contributed by atoms with Crippen molar-refractivity contribution < 1.29 is 0 Å². The van der Waals surface area contributed by atoms with Crippen molar-refractivity contribution in [1.82, 2.24) is 5.32 Å². The minimum absolute atomic E-state index is 0.691. The summed E-state index contributed by atoms with van der Waals surface area (Å²) in [7, 11) is 0. The van der Waals surface area contributed by atoms with Crippen LogP contribution in [0.5, 0.6) is 0 Å². The molecule has 0 saturated heterocycles. The fourth-order valence-electron chi connectivity index (χ4n) is 2.17. The standard InChI is InChI=1S/C13H23NS2/c1-3-7-12(10-13(15)16-2)14-11-8-5-4-6-9-11/h10-11,14H,3-9H2,1-2H3. The number of nitrogens with one attached hydrogen (secondary N) is 1. The maximum Gasteiger partial charge on any atom is 0.0720 e. The molecule has 0 unspecified atom stereocenters. The summed E-state index contributed by atoms with van der Waals surface area (Å²) in [5.74, 6) is 0. The fourth-order valence-corrected chi connectivity index (χ4v) is 2.57. The van der Waals surface area contributed by atoms with Crippen molar-refractivity contribution in [1.29, 1.82) is 0 Å². The summed E-state index contributed by atoms with van der Waals surface area (Å²) in [6.45, 7) is 2.22. The molecule has 0 spiro atoms. The predicted molar refractivity (Wildman–Crippen MR) is 79.1 cm³/mol. The molecule has 1 aliphatic rings. The van der Waals surface area contributed by atoms with Crippen molar-refractivity contribution in [2.45, 2.75) is 57.9 Å². The Morgan fingerprint density at radius 2 is 2.06 bits per heavy atom. The number of hydrogen-bond acceptors (Lipinski definition) is 3. The monoisotopic (exact) mass is 257 g/mol. The molecule has 1 nitrogen and oxygen atoms in total. The highest BCUT2D eigenvalue weighted by atomic mass is 32.2. The van der Waals surface area contributed by atoms with Crippen molar-refractivity contribution in [2.24, 2.45) is 0 Å². The Bertz CT molecular complexity index is 242. The van der Waals surface area contributed by atoms with Crippen LogP contribution >= 0.6 is 24.0 Å². The van der Waals surface area contributed by atoms with Crippen LogP contribution < -0.4 is 5.32 Å². The van der Waals surface area contributed by atoms with E-state index in [-0.39, 0.29) is 0 Å². The van der Waals surface area contributed by atoms with Crippen LogP contribution in [-0.4, -0.2) is 16.5 Å². The van der Waals surface area contributed by atoms with E-state index in [1.165, 1.54) is 44.2 Å². The lowest BCUT2D eigenvalue weighted by Gasteiger charge is -2.25. The second-order valence-electron chi connectivity index (χ2n) is 4.42. The molecule has 0 aromatic rings. The Labute approximate surface area is 109 Å². The predicted octanol–water partition coefficient (Wildman–Crippen LogP) is 4.28. The van der Waals surface area contributed by atoms with Gasteiger partial charge in [0.25, 0.3) is 0 Å². The Kier molecular flexibility index (Phi) is 7.13. The lowest BCUT2D eigenvalue weighted by molar-refractivity contribution is 0.392. The number of thiocarbonyl (C=S) groups is 1. The molecule has 0 atom stereocenters. The number of allylic oxidation sites excluding steroid dienone is 1. The van der Waals surface area contributed by atoms with E-state index in [1.54, 1.807) is 11.8 Å². The second-order valence-corrected chi connectivity index (χ2v) is 5.97. The van der Waals surface area contributed by atoms with Gasteiger partial charge >= 0.3 is 0 Å². The van der Waals surface area contributed by atoms with E-state index in [9.17, 15) is 0 Å². The first-order valence-electron chi connectivity index (χ1n) is 6.31. The summed E-state index contributed by atoms with van der Waals surface area (Å²) in [5, 5.41) is 3.68. The first-order valence-corrected chi connectivity index (χ1v) is 7.94. The first-order chi connectivity index (χ1) is 7.76. The summed E-state index contributed by atoms with van der Waals surface area (Å²) in [6, 6.07) is 0.691. The molecule has 1 aliphatic carbocycles. The van der Waals surface area contributed by atoms with E-state index < -0.39 is 0 Å². The molecule has 0 aromatic heterocycles. The van der Waals surface area contributed by atoms with E-state index in [1.807, 2.05) is 6.26 Å². The zero-order chi connectivity index (χ0) is 11.8. The molecule has 1 fully saturated rings. The van der Waals surface area contributed by atoms with Crippen LogP contribution in [0.25, 0.3) is 0 Å². The van der Waals surface area contributed by atoms with E-state index >= 15 is 0 Å². The van der Waals surface area contributed by atoms with Gasteiger partial charge < -0.3 is 5.32 Å². The molecule has 0 amide bonds. The van der Waals surface area contributed by atoms with Crippen LogP contribution in [0.1, 0.15) is 51.9 Å². The summed E-state index contributed by atoms with van der Waals surface area (Å²) >= 11 is 6.92. The molecule has 0 aliphatic heterocycles. The number of hydrogen-bond donors (Lipinski definition) is 1. The van der Waals surface area contributed by atoms with Gasteiger partial charge in [-0.1, -0.05) is 44.8 Å². The third kappa shape index (κ3) is 5.35. The highest BCUT2D eigenvalue weighted by Gasteiger charge is 2.13. The van der Waals surface area contributed by atoms with Gasteiger partial charge in [0.05, 0.1) is 4.20 Å². The Balaban J connectivity index is 2.48. The molecule has 0 bridgehead atoms. The highest BCUT2D eigenvalue weighted by molar-refractivity contribution is 8.23. The molecular formula is C13H23NS2. The van der Waals surface area contributed by atoms with Gasteiger partial charge in [0.15, 0.2) is 0 Å². The van der Waals surface area contributed by atoms with E-state index in [0.717, 1.165) is 10.6 Å². The SMILES string of the molecule is CCCC(=CC(=S)SC)NC1CCCCC1. The van der Waals surface area contributed by atoms with Crippen LogP contribution in [0.15, 0.2) is 11.8 Å². The number of thioether (sulfide) groups is 1. The van der Waals surface area contributed by atoms with E-state index in [0.29, 0.717) is 6.04 Å². The van der Waals surface area contributed by atoms with Crippen LogP contribution in [0.4, 0.5) is 0 Å². The maximum absolute atomic E-state index is 5.26. The molecule has 1 saturated carbocycles. The zero-order valence-corrected chi connectivity index (χ0v) is 12.1. The topological polar surface area (TPSA) is 12.0 Å². The van der Waals surface area contributed by atoms with E-state index in [4.69, 9.17) is 12.2 Å². The zero-order valence-electron chi connectivity index (χ0n) is 10.4. The van der Waals surface area contributed by atoms with Crippen LogP contribution in [0.3, 0.4) is 0 Å². The number of rotatable bonds is 5. The van der Waals surface area contributed by atoms with Crippen LogP contribution in [0, 0.1) is 0 Å². The van der Waals surface area contributed by atoms with Gasteiger partial charge in [-0.25, -0.2) is 0 Å². The fraction of sp³-hybridized carbons (Fsp3) is 0.769. The van der Waals surface area contributed by atoms with Gasteiger partial charge in [0, 0.05) is 11.7 Å². The summed E-state index contributed by atoms with van der Waals surface area (Å²) < 4.78 is 0.992. The second kappa shape index (κ2) is 8.13. The molecule has 16 heavy (non-hydrogen) atoms. The molecule has 0 radical (unpaired) electrons. The molecular weight excluding hydrogens is 234 g/mol. The van der Waals surface area contributed by atoms with Crippen LogP contribution in [0.2, 0.25) is 0 Å². The third-order valence-corrected chi connectivity index (χ3v) is 4.15. The largest absolute Gasteiger partial charge is 0.386 e. The Morgan fingerprint density at radius 1 is 1.38 bits per heavy atom. The van der Waals surface area contributed by atoms with Crippen molar-refractivity contribution in [2.75, 3.05) is 6.26 Å². The lowest BCUT2D eigenvalue weighted by Crippen LogP contribution is -2.30. The van der Waals surface area contributed by atoms with Crippen LogP contribution in [-0.2, 0) is 0 Å². The average Bonchev–Trinajstić information content (AvgIpc) is 2.30. The van der Waals surface area contributed by atoms with E-state index in [2.05, 4.69) is 18.3 Å². The van der Waals surface area contributed by atoms with Gasteiger partial charge in [-0.05, 0) is 31.6 Å². The average molecular weight is 257 g/mol. The normalized spacial score (nSPS) is 18.5. The Morgan fingerprint density at radius 3 is 2.62 bits per heavy atom. The van der Waals surface area contributed by atoms with Crippen molar-refractivity contribution in [3.8, 4) is 0 Å². The summed E-state index contributed by atoms with van der Waals surface area (Å²) in [6.07, 6.45) is 13.3. The minimum atomic E-state index is 0.691. The molecule has 0 aromatic carbocycles. The van der Waals surface area contributed by atoms with Crippen molar-refractivity contribution in [3.05, 3.63) is 11.8 Å². The smallest absolute Gasteiger partial charge is 0.0720 e. The molecule has 92 valence electrons. The summed E-state index contributed by atoms with van der Waals surface area (Å²) in [5.41, 5.74) is 1.34. The van der Waals surface area contributed by atoms with Gasteiger partial charge in [0.1, 0.15) is 0 Å². The van der Waals surface area contributed by atoms with Gasteiger partial charge in [0.2, 0.25) is 0 Å². The van der Waals surface area contributed by atoms with Crippen molar-refractivity contribution in [3.63, 3.8) is 0 Å². The van der Waals surface area contributed by atoms with Gasteiger partial charge in [-0.2, -0.15) is 0 Å². The highest BCUT2D eigenvalue weighted by Crippen LogP contribution is 2.19. The molecule has 0 heterocycles. The maximum atomic E-state index is 5.26. The minimum Gasteiger partial charge on any atom is -0.386 e. The summed E-state index contributed by atoms with van der Waals surface area (Å²) in [4.78, 5) is 0. The molecule has 1 rings (SSSR count). The van der Waals surface area contributed by atoms with Crippen molar-refractivity contribution >= 4 is 28.2 Å². The third-order valence-electron chi connectivity index (χ3n) is 3.01. The van der Waals surface area contributed by atoms with Gasteiger partial charge in [-0.3, -0.25) is 0 Å². The quantitative estimate of drug-likeness (QED) is 0.583. The van der Waals surface area contributed by atoms with Gasteiger partial charge in [-0.15, -0.1) is 11.8 Å². The first kappa shape index (κ1) is 14.0. The molecule has 3 heteroatoms. The molecule has 1 N–H and O–H groups in total. The Hall–Kier alpha value is -0.0200. The lowest BCUT2D eigenvalue weighted by atomic mass is 9.95.